The molecule has 32 heavy (non-hydrogen) atoms. The van der Waals surface area contributed by atoms with Gasteiger partial charge in [0.1, 0.15) is 11.3 Å². The Morgan fingerprint density at radius 3 is 2.75 bits per heavy atom. The fourth-order valence-electron chi connectivity index (χ4n) is 3.67. The van der Waals surface area contributed by atoms with E-state index in [1.165, 1.54) is 5.56 Å². The standard InChI is InChI=1S/C25H26N6O/c1-18(20-9-4-3-5-10-20)16-27-25-28-17-22-24(30-25)31(12-7-13-32-2)23(29-22)21-11-6-8-19(14-21)15-26/h3-6,8-11,14,17-18H,7,12-13,16H2,1-2H3,(H,27,28,30). The van der Waals surface area contributed by atoms with Crippen molar-refractivity contribution >= 4 is 17.1 Å². The van der Waals surface area contributed by atoms with Crippen molar-refractivity contribution in [1.82, 2.24) is 19.5 Å². The van der Waals surface area contributed by atoms with Gasteiger partial charge < -0.3 is 14.6 Å². The number of fused-ring (bicyclic) bond motifs is 1. The highest BCUT2D eigenvalue weighted by Crippen LogP contribution is 2.25. The van der Waals surface area contributed by atoms with Crippen LogP contribution in [0.15, 0.2) is 60.8 Å². The molecule has 2 aromatic heterocycles. The molecular weight excluding hydrogens is 400 g/mol. The van der Waals surface area contributed by atoms with Crippen LogP contribution < -0.4 is 5.32 Å². The lowest BCUT2D eigenvalue weighted by molar-refractivity contribution is 0.191. The second kappa shape index (κ2) is 10.0. The molecule has 0 radical (unpaired) electrons. The van der Waals surface area contributed by atoms with Crippen LogP contribution in [0.5, 0.6) is 0 Å². The SMILES string of the molecule is COCCCn1c(-c2cccc(C#N)c2)nc2cnc(NCC(C)c3ccccc3)nc21. The Morgan fingerprint density at radius 2 is 1.97 bits per heavy atom. The molecule has 0 aliphatic heterocycles. The second-order valence-electron chi connectivity index (χ2n) is 7.72. The Balaban J connectivity index is 1.64. The monoisotopic (exact) mass is 426 g/mol. The number of anilines is 1. The van der Waals surface area contributed by atoms with E-state index in [-0.39, 0.29) is 0 Å². The van der Waals surface area contributed by atoms with Gasteiger partial charge in [0.15, 0.2) is 5.65 Å². The summed E-state index contributed by atoms with van der Waals surface area (Å²) in [6.07, 6.45) is 2.58. The van der Waals surface area contributed by atoms with Crippen molar-refractivity contribution in [3.8, 4) is 17.5 Å². The van der Waals surface area contributed by atoms with Crippen LogP contribution in [-0.4, -0.2) is 39.8 Å². The van der Waals surface area contributed by atoms with E-state index in [9.17, 15) is 5.26 Å². The maximum atomic E-state index is 9.29. The van der Waals surface area contributed by atoms with Crippen LogP contribution in [0.2, 0.25) is 0 Å². The number of ether oxygens (including phenoxy) is 1. The Bertz CT molecular complexity index is 1230. The number of nitrogens with zero attached hydrogens (tertiary/aromatic N) is 5. The van der Waals surface area contributed by atoms with E-state index in [4.69, 9.17) is 14.7 Å². The van der Waals surface area contributed by atoms with Crippen molar-refractivity contribution in [2.24, 2.45) is 0 Å². The van der Waals surface area contributed by atoms with Crippen molar-refractivity contribution in [2.45, 2.75) is 25.8 Å². The first kappa shape index (κ1) is 21.5. The predicted octanol–water partition coefficient (Wildman–Crippen LogP) is 4.62. The average Bonchev–Trinajstić information content (AvgIpc) is 3.21. The maximum Gasteiger partial charge on any atom is 0.224 e. The van der Waals surface area contributed by atoms with Gasteiger partial charge in [-0.3, -0.25) is 0 Å². The van der Waals surface area contributed by atoms with Gasteiger partial charge >= 0.3 is 0 Å². The number of aryl methyl sites for hydroxylation is 1. The number of rotatable bonds is 9. The third-order valence-electron chi connectivity index (χ3n) is 5.40. The predicted molar refractivity (Wildman–Crippen MR) is 125 cm³/mol. The van der Waals surface area contributed by atoms with Crippen molar-refractivity contribution in [2.75, 3.05) is 25.6 Å². The van der Waals surface area contributed by atoms with E-state index < -0.39 is 0 Å². The molecule has 0 aliphatic carbocycles. The summed E-state index contributed by atoms with van der Waals surface area (Å²) in [5, 5.41) is 12.7. The van der Waals surface area contributed by atoms with Gasteiger partial charge in [0.25, 0.3) is 0 Å². The van der Waals surface area contributed by atoms with Gasteiger partial charge in [-0.2, -0.15) is 10.2 Å². The molecule has 7 nitrogen and oxygen atoms in total. The van der Waals surface area contributed by atoms with E-state index in [0.717, 1.165) is 35.5 Å². The van der Waals surface area contributed by atoms with E-state index in [1.807, 2.05) is 24.3 Å². The minimum Gasteiger partial charge on any atom is -0.385 e. The molecule has 1 N–H and O–H groups in total. The molecule has 162 valence electrons. The molecule has 0 aliphatic rings. The lowest BCUT2D eigenvalue weighted by Gasteiger charge is -2.13. The zero-order valence-corrected chi connectivity index (χ0v) is 18.3. The number of hydrogen-bond acceptors (Lipinski definition) is 6. The second-order valence-corrected chi connectivity index (χ2v) is 7.72. The molecule has 0 saturated heterocycles. The Labute approximate surface area is 187 Å². The minimum atomic E-state index is 0.325. The third-order valence-corrected chi connectivity index (χ3v) is 5.40. The molecule has 4 rings (SSSR count). The molecule has 1 atom stereocenters. The number of nitrogens with one attached hydrogen (secondary N) is 1. The molecule has 0 fully saturated rings. The highest BCUT2D eigenvalue weighted by atomic mass is 16.5. The number of aromatic nitrogens is 4. The van der Waals surface area contributed by atoms with Crippen LogP contribution in [0.3, 0.4) is 0 Å². The van der Waals surface area contributed by atoms with Gasteiger partial charge in [-0.25, -0.2) is 9.97 Å². The van der Waals surface area contributed by atoms with Crippen LogP contribution in [0.4, 0.5) is 5.95 Å². The highest BCUT2D eigenvalue weighted by Gasteiger charge is 2.16. The van der Waals surface area contributed by atoms with Crippen LogP contribution in [0, 0.1) is 11.3 Å². The summed E-state index contributed by atoms with van der Waals surface area (Å²) < 4.78 is 7.32. The molecule has 2 aromatic carbocycles. The lowest BCUT2D eigenvalue weighted by Crippen LogP contribution is -2.12. The first-order valence-electron chi connectivity index (χ1n) is 10.7. The summed E-state index contributed by atoms with van der Waals surface area (Å²) in [5.41, 5.74) is 4.24. The molecule has 4 aromatic rings. The minimum absolute atomic E-state index is 0.325. The number of benzene rings is 2. The smallest absolute Gasteiger partial charge is 0.224 e. The summed E-state index contributed by atoms with van der Waals surface area (Å²) in [4.78, 5) is 14.0. The average molecular weight is 427 g/mol. The maximum absolute atomic E-state index is 9.29. The Kier molecular flexibility index (Phi) is 6.73. The molecule has 2 heterocycles. The fourth-order valence-corrected chi connectivity index (χ4v) is 3.67. The van der Waals surface area contributed by atoms with E-state index in [2.05, 4.69) is 52.1 Å². The summed E-state index contributed by atoms with van der Waals surface area (Å²) in [6.45, 7) is 4.25. The molecule has 0 saturated carbocycles. The number of imidazole rings is 1. The Hall–Kier alpha value is -3.76. The molecule has 1 unspecified atom stereocenters. The zero-order valence-electron chi connectivity index (χ0n) is 18.3. The van der Waals surface area contributed by atoms with Gasteiger partial charge in [0, 0.05) is 32.4 Å². The number of methoxy groups -OCH3 is 1. The quantitative estimate of drug-likeness (QED) is 0.393. The van der Waals surface area contributed by atoms with Crippen LogP contribution in [0.25, 0.3) is 22.6 Å². The van der Waals surface area contributed by atoms with Crippen LogP contribution in [-0.2, 0) is 11.3 Å². The molecule has 0 amide bonds. The van der Waals surface area contributed by atoms with E-state index in [0.29, 0.717) is 30.6 Å². The van der Waals surface area contributed by atoms with Gasteiger partial charge in [-0.15, -0.1) is 0 Å². The zero-order chi connectivity index (χ0) is 22.3. The van der Waals surface area contributed by atoms with Crippen molar-refractivity contribution < 1.29 is 4.74 Å². The van der Waals surface area contributed by atoms with E-state index in [1.54, 1.807) is 19.4 Å². The van der Waals surface area contributed by atoms with Crippen molar-refractivity contribution in [3.05, 3.63) is 71.9 Å². The summed E-state index contributed by atoms with van der Waals surface area (Å²) in [5.74, 6) is 1.68. The molecule has 0 spiro atoms. The number of hydrogen-bond donors (Lipinski definition) is 1. The molecule has 7 heteroatoms. The summed E-state index contributed by atoms with van der Waals surface area (Å²) in [6, 6.07) is 20.1. The summed E-state index contributed by atoms with van der Waals surface area (Å²) in [7, 11) is 1.70. The van der Waals surface area contributed by atoms with Crippen LogP contribution >= 0.6 is 0 Å². The van der Waals surface area contributed by atoms with Gasteiger partial charge in [-0.1, -0.05) is 49.4 Å². The van der Waals surface area contributed by atoms with Gasteiger partial charge in [0.2, 0.25) is 5.95 Å². The normalized spacial score (nSPS) is 11.9. The van der Waals surface area contributed by atoms with Gasteiger partial charge in [0.05, 0.1) is 17.8 Å². The molecule has 0 bridgehead atoms. The number of nitriles is 1. The topological polar surface area (TPSA) is 88.7 Å². The van der Waals surface area contributed by atoms with Crippen LogP contribution in [0.1, 0.15) is 30.4 Å². The van der Waals surface area contributed by atoms with Crippen molar-refractivity contribution in [1.29, 1.82) is 5.26 Å². The highest BCUT2D eigenvalue weighted by molar-refractivity contribution is 5.77. The molecular formula is C25H26N6O. The van der Waals surface area contributed by atoms with Crippen molar-refractivity contribution in [3.63, 3.8) is 0 Å². The first-order chi connectivity index (χ1) is 15.7. The van der Waals surface area contributed by atoms with E-state index >= 15 is 0 Å². The van der Waals surface area contributed by atoms with Gasteiger partial charge in [-0.05, 0) is 30.0 Å². The summed E-state index contributed by atoms with van der Waals surface area (Å²) >= 11 is 0. The first-order valence-corrected chi connectivity index (χ1v) is 10.7. The lowest BCUT2D eigenvalue weighted by atomic mass is 10.0. The Morgan fingerprint density at radius 1 is 1.12 bits per heavy atom. The fraction of sp³-hybridized carbons (Fsp3) is 0.280. The third kappa shape index (κ3) is 4.76. The largest absolute Gasteiger partial charge is 0.385 e.